The van der Waals surface area contributed by atoms with Gasteiger partial charge in [-0.3, -0.25) is 9.59 Å². The van der Waals surface area contributed by atoms with Crippen molar-refractivity contribution in [3.05, 3.63) is 47.0 Å². The molecule has 0 radical (unpaired) electrons. The Balaban J connectivity index is 2.17. The largest absolute Gasteiger partial charge is 0.494 e. The SMILES string of the molecule is CCOc1ccc(CNc2cc(OC(CC)CCC(=O)O)ccc2NC(C)=O)c(Cl)c1. The Hall–Kier alpha value is -2.93. The van der Waals surface area contributed by atoms with Crippen molar-refractivity contribution in [1.29, 1.82) is 0 Å². The van der Waals surface area contributed by atoms with E-state index in [0.29, 0.717) is 53.9 Å². The number of carboxylic acids is 1. The Morgan fingerprint density at radius 2 is 1.84 bits per heavy atom. The number of amides is 1. The number of carboxylic acid groups (broad SMARTS) is 1. The molecule has 8 heteroatoms. The van der Waals surface area contributed by atoms with E-state index in [1.807, 2.05) is 26.0 Å². The van der Waals surface area contributed by atoms with Crippen LogP contribution in [0.15, 0.2) is 36.4 Å². The van der Waals surface area contributed by atoms with Crippen molar-refractivity contribution in [1.82, 2.24) is 0 Å². The highest BCUT2D eigenvalue weighted by molar-refractivity contribution is 6.31. The second-order valence-electron chi connectivity index (χ2n) is 7.01. The van der Waals surface area contributed by atoms with Crippen molar-refractivity contribution in [2.45, 2.75) is 52.7 Å². The molecule has 1 unspecified atom stereocenters. The van der Waals surface area contributed by atoms with Crippen molar-refractivity contribution >= 4 is 34.9 Å². The first-order chi connectivity index (χ1) is 14.8. The number of carbonyl (C=O) groups is 2. The lowest BCUT2D eigenvalue weighted by molar-refractivity contribution is -0.137. The van der Waals surface area contributed by atoms with Gasteiger partial charge in [-0.15, -0.1) is 0 Å². The fourth-order valence-corrected chi connectivity index (χ4v) is 3.22. The Labute approximate surface area is 187 Å². The highest BCUT2D eigenvalue weighted by atomic mass is 35.5. The van der Waals surface area contributed by atoms with E-state index in [9.17, 15) is 9.59 Å². The smallest absolute Gasteiger partial charge is 0.303 e. The van der Waals surface area contributed by atoms with Crippen LogP contribution in [0.4, 0.5) is 11.4 Å². The van der Waals surface area contributed by atoms with Gasteiger partial charge in [0.05, 0.1) is 24.1 Å². The van der Waals surface area contributed by atoms with Gasteiger partial charge in [0.15, 0.2) is 0 Å². The number of nitrogens with one attached hydrogen (secondary N) is 2. The summed E-state index contributed by atoms with van der Waals surface area (Å²) in [7, 11) is 0. The van der Waals surface area contributed by atoms with Gasteiger partial charge >= 0.3 is 5.97 Å². The third-order valence-corrected chi connectivity index (χ3v) is 4.90. The summed E-state index contributed by atoms with van der Waals surface area (Å²) < 4.78 is 11.4. The Kier molecular flexibility index (Phi) is 9.46. The third kappa shape index (κ3) is 8.02. The number of halogens is 1. The summed E-state index contributed by atoms with van der Waals surface area (Å²) in [6.07, 6.45) is 0.940. The summed E-state index contributed by atoms with van der Waals surface area (Å²) in [5.41, 5.74) is 2.16. The third-order valence-electron chi connectivity index (χ3n) is 4.54. The molecule has 0 aliphatic rings. The minimum Gasteiger partial charge on any atom is -0.494 e. The zero-order chi connectivity index (χ0) is 22.8. The number of hydrogen-bond donors (Lipinski definition) is 3. The van der Waals surface area contributed by atoms with Gasteiger partial charge in [-0.2, -0.15) is 0 Å². The molecular formula is C23H29ClN2O5. The van der Waals surface area contributed by atoms with Gasteiger partial charge in [0.1, 0.15) is 11.5 Å². The van der Waals surface area contributed by atoms with Crippen LogP contribution in [-0.4, -0.2) is 29.7 Å². The predicted molar refractivity (Wildman–Crippen MR) is 122 cm³/mol. The molecule has 0 spiro atoms. The quantitative estimate of drug-likeness (QED) is 0.406. The molecule has 0 heterocycles. The average molecular weight is 449 g/mol. The summed E-state index contributed by atoms with van der Waals surface area (Å²) >= 11 is 6.37. The summed E-state index contributed by atoms with van der Waals surface area (Å²) in [4.78, 5) is 22.4. The lowest BCUT2D eigenvalue weighted by Crippen LogP contribution is -2.17. The first-order valence-corrected chi connectivity index (χ1v) is 10.6. The van der Waals surface area contributed by atoms with Crippen LogP contribution in [0.1, 0.15) is 45.6 Å². The first kappa shape index (κ1) is 24.3. The fourth-order valence-electron chi connectivity index (χ4n) is 2.98. The van der Waals surface area contributed by atoms with Crippen molar-refractivity contribution in [3.8, 4) is 11.5 Å². The van der Waals surface area contributed by atoms with Gasteiger partial charge in [-0.05, 0) is 49.6 Å². The van der Waals surface area contributed by atoms with E-state index in [2.05, 4.69) is 10.6 Å². The molecule has 0 bridgehead atoms. The molecular weight excluding hydrogens is 420 g/mol. The highest BCUT2D eigenvalue weighted by Crippen LogP contribution is 2.30. The minimum absolute atomic E-state index is 0.0455. The minimum atomic E-state index is -0.849. The Morgan fingerprint density at radius 3 is 2.45 bits per heavy atom. The molecule has 0 aliphatic carbocycles. The monoisotopic (exact) mass is 448 g/mol. The topological polar surface area (TPSA) is 96.9 Å². The van der Waals surface area contributed by atoms with Crippen LogP contribution >= 0.6 is 11.6 Å². The van der Waals surface area contributed by atoms with Gasteiger partial charge < -0.3 is 25.2 Å². The predicted octanol–water partition coefficient (Wildman–Crippen LogP) is 5.33. The van der Waals surface area contributed by atoms with E-state index in [-0.39, 0.29) is 18.4 Å². The van der Waals surface area contributed by atoms with Crippen LogP contribution in [-0.2, 0) is 16.1 Å². The molecule has 0 saturated carbocycles. The average Bonchev–Trinajstić information content (AvgIpc) is 2.71. The van der Waals surface area contributed by atoms with Crippen molar-refractivity contribution in [2.24, 2.45) is 0 Å². The molecule has 31 heavy (non-hydrogen) atoms. The summed E-state index contributed by atoms with van der Waals surface area (Å²) in [6, 6.07) is 10.8. The van der Waals surface area contributed by atoms with E-state index in [1.54, 1.807) is 24.3 Å². The van der Waals surface area contributed by atoms with Crippen LogP contribution in [0.25, 0.3) is 0 Å². The molecule has 3 N–H and O–H groups in total. The molecule has 0 fully saturated rings. The summed E-state index contributed by atoms with van der Waals surface area (Å²) in [6.45, 7) is 6.29. The second kappa shape index (κ2) is 12.1. The van der Waals surface area contributed by atoms with E-state index in [4.69, 9.17) is 26.2 Å². The van der Waals surface area contributed by atoms with Crippen molar-refractivity contribution in [2.75, 3.05) is 17.2 Å². The number of benzene rings is 2. The molecule has 1 atom stereocenters. The molecule has 2 aromatic rings. The number of hydrogen-bond acceptors (Lipinski definition) is 5. The highest BCUT2D eigenvalue weighted by Gasteiger charge is 2.13. The van der Waals surface area contributed by atoms with Gasteiger partial charge in [-0.25, -0.2) is 0 Å². The van der Waals surface area contributed by atoms with Crippen LogP contribution in [0.3, 0.4) is 0 Å². The standard InChI is InChI=1S/C23H29ClN2O5/c1-4-17(9-11-23(28)29)31-19-8-10-21(26-15(3)27)22(13-19)25-14-16-6-7-18(30-5-2)12-20(16)24/h6-8,10,12-13,17,25H,4-5,9,11,14H2,1-3H3,(H,26,27)(H,28,29). The van der Waals surface area contributed by atoms with Gasteiger partial charge in [0.25, 0.3) is 0 Å². The van der Waals surface area contributed by atoms with Crippen LogP contribution < -0.4 is 20.1 Å². The number of anilines is 2. The lowest BCUT2D eigenvalue weighted by Gasteiger charge is -2.19. The summed E-state index contributed by atoms with van der Waals surface area (Å²) in [5, 5.41) is 15.6. The van der Waals surface area contributed by atoms with E-state index >= 15 is 0 Å². The van der Waals surface area contributed by atoms with Crippen molar-refractivity contribution in [3.63, 3.8) is 0 Å². The number of rotatable bonds is 12. The van der Waals surface area contributed by atoms with E-state index in [1.165, 1.54) is 6.92 Å². The lowest BCUT2D eigenvalue weighted by atomic mass is 10.1. The Bertz CT molecular complexity index is 904. The number of carbonyl (C=O) groups excluding carboxylic acids is 1. The first-order valence-electron chi connectivity index (χ1n) is 10.3. The zero-order valence-corrected chi connectivity index (χ0v) is 18.8. The molecule has 168 valence electrons. The molecule has 2 rings (SSSR count). The number of ether oxygens (including phenoxy) is 2. The maximum Gasteiger partial charge on any atom is 0.303 e. The van der Waals surface area contributed by atoms with Gasteiger partial charge in [0.2, 0.25) is 5.91 Å². The zero-order valence-electron chi connectivity index (χ0n) is 18.0. The molecule has 1 amide bonds. The van der Waals surface area contributed by atoms with Crippen LogP contribution in [0.2, 0.25) is 5.02 Å². The molecule has 0 aromatic heterocycles. The number of aliphatic carboxylic acids is 1. The maximum atomic E-state index is 11.6. The van der Waals surface area contributed by atoms with Crippen LogP contribution in [0, 0.1) is 0 Å². The molecule has 7 nitrogen and oxygen atoms in total. The Morgan fingerprint density at radius 1 is 1.10 bits per heavy atom. The molecule has 2 aromatic carbocycles. The second-order valence-corrected chi connectivity index (χ2v) is 7.42. The maximum absolute atomic E-state index is 11.6. The van der Waals surface area contributed by atoms with E-state index in [0.717, 1.165) is 5.56 Å². The van der Waals surface area contributed by atoms with Crippen LogP contribution in [0.5, 0.6) is 11.5 Å². The molecule has 0 aliphatic heterocycles. The van der Waals surface area contributed by atoms with Gasteiger partial charge in [0, 0.05) is 31.0 Å². The van der Waals surface area contributed by atoms with E-state index < -0.39 is 5.97 Å². The fraction of sp³-hybridized carbons (Fsp3) is 0.391. The van der Waals surface area contributed by atoms with Crippen molar-refractivity contribution < 1.29 is 24.2 Å². The van der Waals surface area contributed by atoms with Gasteiger partial charge in [-0.1, -0.05) is 24.6 Å². The molecule has 0 saturated heterocycles. The summed E-state index contributed by atoms with van der Waals surface area (Å²) in [5.74, 6) is 0.255. The normalized spacial score (nSPS) is 11.5.